The third-order valence-electron chi connectivity index (χ3n) is 5.24. The molecule has 6 heteroatoms. The Balaban J connectivity index is 1.87. The first-order valence-corrected chi connectivity index (χ1v) is 7.79. The van der Waals surface area contributed by atoms with Crippen LogP contribution in [0.15, 0.2) is 23.8 Å². The van der Waals surface area contributed by atoms with Crippen molar-refractivity contribution in [2.75, 3.05) is 20.1 Å². The first kappa shape index (κ1) is 14.5. The number of benzene rings is 1. The zero-order valence-electron chi connectivity index (χ0n) is 12.8. The lowest BCUT2D eigenvalue weighted by atomic mass is 9.68. The first-order chi connectivity index (χ1) is 11.0. The predicted octanol–water partition coefficient (Wildman–Crippen LogP) is 0.973. The second kappa shape index (κ2) is 4.97. The van der Waals surface area contributed by atoms with Crippen LogP contribution >= 0.6 is 0 Å². The van der Waals surface area contributed by atoms with Gasteiger partial charge >= 0.3 is 5.97 Å². The molecule has 2 heterocycles. The smallest absolute Gasteiger partial charge is 0.338 e. The van der Waals surface area contributed by atoms with Crippen molar-refractivity contribution in [2.45, 2.75) is 24.5 Å². The molecule has 1 fully saturated rings. The van der Waals surface area contributed by atoms with Gasteiger partial charge in [-0.2, -0.15) is 0 Å². The Labute approximate surface area is 133 Å². The molecule has 1 aliphatic carbocycles. The fourth-order valence-electron chi connectivity index (χ4n) is 4.13. The van der Waals surface area contributed by atoms with Gasteiger partial charge in [0, 0.05) is 24.9 Å². The number of phenolic OH excluding ortho intramolecular Hbond substituents is 2. The van der Waals surface area contributed by atoms with Gasteiger partial charge in [0.2, 0.25) is 0 Å². The van der Waals surface area contributed by atoms with Crippen molar-refractivity contribution in [2.24, 2.45) is 5.92 Å². The normalized spacial score (nSPS) is 33.1. The molecule has 122 valence electrons. The van der Waals surface area contributed by atoms with E-state index >= 15 is 0 Å². The molecule has 1 aromatic carbocycles. The molecule has 0 saturated carbocycles. The summed E-state index contributed by atoms with van der Waals surface area (Å²) in [7, 11) is 2.04. The fourth-order valence-corrected chi connectivity index (χ4v) is 4.13. The number of aliphatic hydroxyl groups is 1. The van der Waals surface area contributed by atoms with Crippen LogP contribution in [0, 0.1) is 5.92 Å². The summed E-state index contributed by atoms with van der Waals surface area (Å²) in [5.41, 5.74) is 2.09. The van der Waals surface area contributed by atoms with Gasteiger partial charge in [0.25, 0.3) is 0 Å². The zero-order valence-corrected chi connectivity index (χ0v) is 12.8. The van der Waals surface area contributed by atoms with E-state index in [1.54, 1.807) is 0 Å². The quantitative estimate of drug-likeness (QED) is 0.375. The molecule has 1 aromatic rings. The third kappa shape index (κ3) is 2.13. The molecule has 4 rings (SSSR count). The maximum Gasteiger partial charge on any atom is 0.338 e. The highest BCUT2D eigenvalue weighted by molar-refractivity contribution is 5.93. The van der Waals surface area contributed by atoms with Gasteiger partial charge in [-0.15, -0.1) is 0 Å². The number of aromatic hydroxyl groups is 2. The SMILES string of the molecule is CN1CCC2=C[C@H](O)[C@H]3OC(=O)c4cc(O)c(O)cc4[C@H]3[C@@H]2C1. The lowest BCUT2D eigenvalue weighted by Crippen LogP contribution is -2.50. The number of esters is 1. The van der Waals surface area contributed by atoms with Crippen LogP contribution in [0.5, 0.6) is 11.5 Å². The molecule has 0 amide bonds. The summed E-state index contributed by atoms with van der Waals surface area (Å²) in [4.78, 5) is 14.4. The second-order valence-electron chi connectivity index (χ2n) is 6.67. The maximum absolute atomic E-state index is 12.2. The summed E-state index contributed by atoms with van der Waals surface area (Å²) in [6.07, 6.45) is 1.19. The number of carbonyl (C=O) groups excluding carboxylic acids is 1. The molecular formula is C17H19NO5. The van der Waals surface area contributed by atoms with E-state index in [-0.39, 0.29) is 28.9 Å². The van der Waals surface area contributed by atoms with E-state index < -0.39 is 18.2 Å². The van der Waals surface area contributed by atoms with Crippen molar-refractivity contribution in [1.29, 1.82) is 0 Å². The number of ether oxygens (including phenoxy) is 1. The van der Waals surface area contributed by atoms with Gasteiger partial charge in [0.15, 0.2) is 11.5 Å². The standard InChI is InChI=1S/C17H19NO5/c1-18-3-2-8-4-14(21)16-15(11(8)7-18)9-5-12(19)13(20)6-10(9)17(22)23-16/h4-6,11,14-16,19-21H,2-3,7H2,1H3/t11-,14+,15+,16-/m1/s1. The van der Waals surface area contributed by atoms with E-state index in [1.807, 2.05) is 13.1 Å². The van der Waals surface area contributed by atoms with E-state index in [9.17, 15) is 20.1 Å². The van der Waals surface area contributed by atoms with Gasteiger partial charge in [-0.1, -0.05) is 11.6 Å². The van der Waals surface area contributed by atoms with Crippen LogP contribution in [0.25, 0.3) is 0 Å². The van der Waals surface area contributed by atoms with Gasteiger partial charge < -0.3 is 25.0 Å². The lowest BCUT2D eigenvalue weighted by molar-refractivity contribution is -0.0371. The van der Waals surface area contributed by atoms with Crippen LogP contribution in [0.4, 0.5) is 0 Å². The highest BCUT2D eigenvalue weighted by Crippen LogP contribution is 2.48. The van der Waals surface area contributed by atoms with Gasteiger partial charge in [0.05, 0.1) is 5.56 Å². The van der Waals surface area contributed by atoms with E-state index in [1.165, 1.54) is 17.7 Å². The Morgan fingerprint density at radius 3 is 2.78 bits per heavy atom. The molecule has 1 saturated heterocycles. The number of phenols is 2. The Morgan fingerprint density at radius 1 is 1.26 bits per heavy atom. The van der Waals surface area contributed by atoms with Crippen LogP contribution < -0.4 is 0 Å². The number of nitrogens with zero attached hydrogens (tertiary/aromatic N) is 1. The fraction of sp³-hybridized carbons (Fsp3) is 0.471. The molecule has 0 bridgehead atoms. The molecule has 3 N–H and O–H groups in total. The minimum Gasteiger partial charge on any atom is -0.504 e. The number of likely N-dealkylation sites (tertiary alicyclic amines) is 1. The summed E-state index contributed by atoms with van der Waals surface area (Å²) in [6, 6.07) is 2.69. The van der Waals surface area contributed by atoms with E-state index in [2.05, 4.69) is 4.90 Å². The minimum atomic E-state index is -0.845. The third-order valence-corrected chi connectivity index (χ3v) is 5.24. The van der Waals surface area contributed by atoms with Crippen LogP contribution in [0.3, 0.4) is 0 Å². The Bertz CT molecular complexity index is 713. The summed E-state index contributed by atoms with van der Waals surface area (Å²) in [6.45, 7) is 1.73. The highest BCUT2D eigenvalue weighted by atomic mass is 16.6. The number of hydrogen-bond donors (Lipinski definition) is 3. The van der Waals surface area contributed by atoms with Crippen LogP contribution in [-0.4, -0.2) is 58.5 Å². The van der Waals surface area contributed by atoms with Crippen molar-refractivity contribution in [3.8, 4) is 11.5 Å². The van der Waals surface area contributed by atoms with E-state index in [4.69, 9.17) is 4.74 Å². The lowest BCUT2D eigenvalue weighted by Gasteiger charge is -2.47. The van der Waals surface area contributed by atoms with E-state index in [0.29, 0.717) is 5.56 Å². The number of carbonyl (C=O) groups is 1. The van der Waals surface area contributed by atoms with Gasteiger partial charge in [-0.05, 0) is 31.2 Å². The molecule has 0 radical (unpaired) electrons. The van der Waals surface area contributed by atoms with E-state index in [0.717, 1.165) is 19.5 Å². The zero-order chi connectivity index (χ0) is 16.3. The first-order valence-electron chi connectivity index (χ1n) is 7.79. The Kier molecular flexibility index (Phi) is 3.14. The van der Waals surface area contributed by atoms with Crippen LogP contribution in [0.2, 0.25) is 0 Å². The van der Waals surface area contributed by atoms with Crippen LogP contribution in [0.1, 0.15) is 28.3 Å². The second-order valence-corrected chi connectivity index (χ2v) is 6.67. The van der Waals surface area contributed by atoms with Crippen LogP contribution in [-0.2, 0) is 4.74 Å². The summed E-state index contributed by atoms with van der Waals surface area (Å²) < 4.78 is 5.46. The molecule has 0 spiro atoms. The minimum absolute atomic E-state index is 0.123. The molecule has 23 heavy (non-hydrogen) atoms. The number of piperidine rings is 1. The number of aliphatic hydroxyl groups excluding tert-OH is 1. The number of fused-ring (bicyclic) bond motifs is 5. The molecule has 2 aliphatic heterocycles. The van der Waals surface area contributed by atoms with Crippen molar-refractivity contribution < 1.29 is 24.9 Å². The highest BCUT2D eigenvalue weighted by Gasteiger charge is 2.48. The largest absolute Gasteiger partial charge is 0.504 e. The molecule has 6 nitrogen and oxygen atoms in total. The molecule has 0 unspecified atom stereocenters. The van der Waals surface area contributed by atoms with Gasteiger partial charge in [0.1, 0.15) is 12.2 Å². The molecule has 4 atom stereocenters. The van der Waals surface area contributed by atoms with Gasteiger partial charge in [-0.3, -0.25) is 0 Å². The van der Waals surface area contributed by atoms with Gasteiger partial charge in [-0.25, -0.2) is 4.79 Å². The average Bonchev–Trinajstić information content (AvgIpc) is 2.50. The molecule has 3 aliphatic rings. The Morgan fingerprint density at radius 2 is 2.00 bits per heavy atom. The van der Waals surface area contributed by atoms with Crippen molar-refractivity contribution in [3.63, 3.8) is 0 Å². The Hall–Kier alpha value is -2.05. The monoisotopic (exact) mass is 317 g/mol. The van der Waals surface area contributed by atoms with Crippen molar-refractivity contribution in [3.05, 3.63) is 34.9 Å². The topological polar surface area (TPSA) is 90.2 Å². The summed E-state index contributed by atoms with van der Waals surface area (Å²) >= 11 is 0. The average molecular weight is 317 g/mol. The number of hydrogen-bond acceptors (Lipinski definition) is 6. The predicted molar refractivity (Wildman–Crippen MR) is 81.4 cm³/mol. The van der Waals surface area contributed by atoms with Crippen molar-refractivity contribution >= 4 is 5.97 Å². The molecular weight excluding hydrogens is 298 g/mol. The summed E-state index contributed by atoms with van der Waals surface area (Å²) in [5.74, 6) is -1.26. The number of rotatable bonds is 0. The summed E-state index contributed by atoms with van der Waals surface area (Å²) in [5, 5.41) is 30.0. The molecule has 0 aromatic heterocycles. The van der Waals surface area contributed by atoms with Crippen molar-refractivity contribution in [1.82, 2.24) is 4.90 Å². The maximum atomic E-state index is 12.2.